The Morgan fingerprint density at radius 1 is 1.03 bits per heavy atom. The first-order chi connectivity index (χ1) is 14.2. The highest BCUT2D eigenvalue weighted by molar-refractivity contribution is 5.90. The Balaban J connectivity index is 1.21. The van der Waals surface area contributed by atoms with Crippen LogP contribution in [0.3, 0.4) is 0 Å². The molecule has 4 fully saturated rings. The predicted molar refractivity (Wildman–Crippen MR) is 115 cm³/mol. The van der Waals surface area contributed by atoms with Gasteiger partial charge in [-0.2, -0.15) is 0 Å². The van der Waals surface area contributed by atoms with Crippen LogP contribution in [0, 0.1) is 35.5 Å². The lowest BCUT2D eigenvalue weighted by atomic mass is 9.68. The van der Waals surface area contributed by atoms with E-state index in [2.05, 4.69) is 37.3 Å². The van der Waals surface area contributed by atoms with E-state index >= 15 is 0 Å². The molecular weight excluding hydrogens is 356 g/mol. The van der Waals surface area contributed by atoms with Crippen molar-refractivity contribution < 1.29 is 9.53 Å². The zero-order chi connectivity index (χ0) is 19.6. The number of hydrogen-bond donors (Lipinski definition) is 0. The maximum Gasteiger partial charge on any atom is 0.338 e. The summed E-state index contributed by atoms with van der Waals surface area (Å²) in [4.78, 5) is 13.1. The first kappa shape index (κ1) is 18.2. The minimum atomic E-state index is -0.222. The molecule has 29 heavy (non-hydrogen) atoms. The fourth-order valence-electron chi connectivity index (χ4n) is 8.28. The zero-order valence-electron chi connectivity index (χ0n) is 17.7. The molecule has 154 valence electrons. The van der Waals surface area contributed by atoms with Crippen molar-refractivity contribution in [3.63, 3.8) is 0 Å². The Hall–Kier alpha value is -1.57. The number of benzene rings is 1. The van der Waals surface area contributed by atoms with Gasteiger partial charge in [0.25, 0.3) is 0 Å². The van der Waals surface area contributed by atoms with Crippen LogP contribution in [-0.4, -0.2) is 11.6 Å². The molecule has 6 rings (SSSR count). The van der Waals surface area contributed by atoms with Crippen molar-refractivity contribution in [1.29, 1.82) is 0 Å². The van der Waals surface area contributed by atoms with Gasteiger partial charge in [-0.1, -0.05) is 37.6 Å². The van der Waals surface area contributed by atoms with E-state index in [1.54, 1.807) is 0 Å². The van der Waals surface area contributed by atoms with Crippen LogP contribution in [0.5, 0.6) is 0 Å². The third-order valence-corrected chi connectivity index (χ3v) is 9.54. The summed E-state index contributed by atoms with van der Waals surface area (Å²) in [6.07, 6.45) is 15.8. The molecule has 0 saturated heterocycles. The number of carbonyl (C=O) groups excluding carboxylic acids is 1. The molecule has 0 heterocycles. The number of fused-ring (bicyclic) bond motifs is 9. The van der Waals surface area contributed by atoms with E-state index in [4.69, 9.17) is 4.74 Å². The van der Waals surface area contributed by atoms with Gasteiger partial charge in [0.05, 0.1) is 5.56 Å². The normalized spacial score (nSPS) is 40.9. The average molecular weight is 391 g/mol. The van der Waals surface area contributed by atoms with Crippen LogP contribution in [0.1, 0.15) is 86.6 Å². The Morgan fingerprint density at radius 2 is 1.83 bits per heavy atom. The standard InChI is InChI=1S/C27H34O2/c1-2-27(11-4-3-5-12-27)29-26(28)20-8-6-7-17(13-20)22-15-21-16-23(22)25-19-10-9-18(14-19)24(21)25/h6-10,13,18-19,21-25H,2-5,11-12,14-16H2,1H3. The van der Waals surface area contributed by atoms with Crippen molar-refractivity contribution in [2.24, 2.45) is 35.5 Å². The minimum Gasteiger partial charge on any atom is -0.455 e. The topological polar surface area (TPSA) is 26.3 Å². The van der Waals surface area contributed by atoms with Crippen LogP contribution < -0.4 is 0 Å². The molecule has 2 nitrogen and oxygen atoms in total. The van der Waals surface area contributed by atoms with Crippen LogP contribution in [0.25, 0.3) is 0 Å². The molecule has 4 bridgehead atoms. The number of rotatable bonds is 4. The van der Waals surface area contributed by atoms with Gasteiger partial charge in [0.1, 0.15) is 5.60 Å². The number of allylic oxidation sites excluding steroid dienone is 2. The highest BCUT2D eigenvalue weighted by Gasteiger charge is 2.61. The van der Waals surface area contributed by atoms with E-state index in [1.165, 1.54) is 44.1 Å². The number of ether oxygens (including phenoxy) is 1. The predicted octanol–water partition coefficient (Wildman–Crippen LogP) is 6.52. The van der Waals surface area contributed by atoms with Gasteiger partial charge in [-0.05, 0) is 110 Å². The van der Waals surface area contributed by atoms with Crippen molar-refractivity contribution in [3.05, 3.63) is 47.5 Å². The van der Waals surface area contributed by atoms with E-state index in [0.717, 1.165) is 60.3 Å². The number of esters is 1. The lowest BCUT2D eigenvalue weighted by Crippen LogP contribution is -2.36. The van der Waals surface area contributed by atoms with Crippen LogP contribution in [0.4, 0.5) is 0 Å². The lowest BCUT2D eigenvalue weighted by Gasteiger charge is -2.37. The van der Waals surface area contributed by atoms with E-state index in [1.807, 2.05) is 6.07 Å². The fraction of sp³-hybridized carbons (Fsp3) is 0.667. The molecule has 5 aliphatic carbocycles. The largest absolute Gasteiger partial charge is 0.455 e. The van der Waals surface area contributed by atoms with Crippen LogP contribution >= 0.6 is 0 Å². The Morgan fingerprint density at radius 3 is 2.62 bits per heavy atom. The second-order valence-electron chi connectivity index (χ2n) is 10.7. The van der Waals surface area contributed by atoms with Gasteiger partial charge in [0.2, 0.25) is 0 Å². The van der Waals surface area contributed by atoms with Gasteiger partial charge in [-0.25, -0.2) is 4.79 Å². The van der Waals surface area contributed by atoms with Crippen molar-refractivity contribution >= 4 is 5.97 Å². The first-order valence-corrected chi connectivity index (χ1v) is 12.2. The molecule has 0 amide bonds. The smallest absolute Gasteiger partial charge is 0.338 e. The van der Waals surface area contributed by atoms with Gasteiger partial charge in [0.15, 0.2) is 0 Å². The summed E-state index contributed by atoms with van der Waals surface area (Å²) in [5, 5.41) is 0. The first-order valence-electron chi connectivity index (χ1n) is 12.2. The molecule has 1 aromatic rings. The quantitative estimate of drug-likeness (QED) is 0.332. The molecule has 7 unspecified atom stereocenters. The van der Waals surface area contributed by atoms with Crippen molar-refractivity contribution in [2.45, 2.75) is 76.2 Å². The maximum absolute atomic E-state index is 13.1. The second kappa shape index (κ2) is 6.72. The van der Waals surface area contributed by atoms with Gasteiger partial charge in [-0.3, -0.25) is 0 Å². The van der Waals surface area contributed by atoms with E-state index in [0.29, 0.717) is 5.92 Å². The van der Waals surface area contributed by atoms with Gasteiger partial charge < -0.3 is 4.74 Å². The van der Waals surface area contributed by atoms with E-state index < -0.39 is 0 Å². The fourth-order valence-corrected chi connectivity index (χ4v) is 8.28. The van der Waals surface area contributed by atoms with Gasteiger partial charge in [0, 0.05) is 0 Å². The van der Waals surface area contributed by atoms with E-state index in [-0.39, 0.29) is 11.6 Å². The molecule has 0 aliphatic heterocycles. The monoisotopic (exact) mass is 390 g/mol. The lowest BCUT2D eigenvalue weighted by molar-refractivity contribution is -0.0397. The molecule has 0 N–H and O–H groups in total. The summed E-state index contributed by atoms with van der Waals surface area (Å²) in [5.74, 6) is 5.89. The third-order valence-electron chi connectivity index (χ3n) is 9.54. The van der Waals surface area contributed by atoms with Crippen molar-refractivity contribution in [1.82, 2.24) is 0 Å². The zero-order valence-corrected chi connectivity index (χ0v) is 17.7. The minimum absolute atomic E-state index is 0.0977. The highest BCUT2D eigenvalue weighted by Crippen LogP contribution is 2.68. The highest BCUT2D eigenvalue weighted by atomic mass is 16.6. The molecule has 5 aliphatic rings. The Labute approximate surface area is 175 Å². The maximum atomic E-state index is 13.1. The second-order valence-corrected chi connectivity index (χ2v) is 10.7. The summed E-state index contributed by atoms with van der Waals surface area (Å²) in [5.41, 5.74) is 1.94. The molecule has 0 spiro atoms. The molecule has 7 atom stereocenters. The van der Waals surface area contributed by atoms with Crippen LogP contribution in [0.15, 0.2) is 36.4 Å². The van der Waals surface area contributed by atoms with Gasteiger partial charge >= 0.3 is 5.97 Å². The van der Waals surface area contributed by atoms with Gasteiger partial charge in [-0.15, -0.1) is 0 Å². The van der Waals surface area contributed by atoms with Crippen molar-refractivity contribution in [3.8, 4) is 0 Å². The Kier molecular flexibility index (Phi) is 4.22. The molecule has 4 saturated carbocycles. The SMILES string of the molecule is CCC1(OC(=O)c2cccc(C3CC4CC3C3C5C=CC(C5)C43)c2)CCCCC1. The molecule has 0 radical (unpaired) electrons. The van der Waals surface area contributed by atoms with E-state index in [9.17, 15) is 4.79 Å². The average Bonchev–Trinajstić information content (AvgIpc) is 3.54. The summed E-state index contributed by atoms with van der Waals surface area (Å²) < 4.78 is 6.16. The molecule has 1 aromatic carbocycles. The summed E-state index contributed by atoms with van der Waals surface area (Å²) >= 11 is 0. The Bertz CT molecular complexity index is 833. The van der Waals surface area contributed by atoms with Crippen LogP contribution in [0.2, 0.25) is 0 Å². The number of hydrogen-bond acceptors (Lipinski definition) is 2. The number of carbonyl (C=O) groups is 1. The van der Waals surface area contributed by atoms with Crippen LogP contribution in [-0.2, 0) is 4.74 Å². The third kappa shape index (κ3) is 2.77. The summed E-state index contributed by atoms with van der Waals surface area (Å²) in [6, 6.07) is 8.51. The molecule has 0 aromatic heterocycles. The summed E-state index contributed by atoms with van der Waals surface area (Å²) in [6.45, 7) is 2.17. The molecule has 2 heteroatoms. The van der Waals surface area contributed by atoms with Crippen molar-refractivity contribution in [2.75, 3.05) is 0 Å². The molecular formula is C27H34O2. The summed E-state index contributed by atoms with van der Waals surface area (Å²) in [7, 11) is 0.